The van der Waals surface area contributed by atoms with Crippen LogP contribution in [-0.4, -0.2) is 4.57 Å². The molecule has 0 spiro atoms. The van der Waals surface area contributed by atoms with E-state index in [9.17, 15) is 0 Å². The molecule has 0 aliphatic rings. The Kier molecular flexibility index (Phi) is 13.8. The third-order valence-corrected chi connectivity index (χ3v) is 5.47. The Balaban J connectivity index is 2.11. The fourth-order valence-corrected chi connectivity index (χ4v) is 3.73. The smallest absolute Gasteiger partial charge is 0.237 e. The normalized spacial score (nSPS) is 11.3. The van der Waals surface area contributed by atoms with Gasteiger partial charge in [-0.1, -0.05) is 90.9 Å². The van der Waals surface area contributed by atoms with Gasteiger partial charge < -0.3 is 0 Å². The summed E-state index contributed by atoms with van der Waals surface area (Å²) in [6, 6.07) is 0. The topological polar surface area (TPSA) is 8.81 Å². The lowest BCUT2D eigenvalue weighted by Crippen LogP contribution is -2.32. The molecule has 0 aliphatic heterocycles. The highest BCUT2D eigenvalue weighted by Gasteiger charge is 2.13. The van der Waals surface area contributed by atoms with Crippen LogP contribution in [0.15, 0.2) is 12.4 Å². The van der Waals surface area contributed by atoms with Gasteiger partial charge in [0, 0.05) is 6.42 Å². The summed E-state index contributed by atoms with van der Waals surface area (Å²) in [7, 11) is 2.21. The van der Waals surface area contributed by atoms with Crippen molar-refractivity contribution in [1.29, 1.82) is 0 Å². The lowest BCUT2D eigenvalue weighted by atomic mass is 10.1. The van der Waals surface area contributed by atoms with E-state index in [1.807, 2.05) is 0 Å². The fourth-order valence-electron chi connectivity index (χ4n) is 3.73. The number of imidazole rings is 1. The van der Waals surface area contributed by atoms with Crippen LogP contribution >= 0.6 is 0 Å². The van der Waals surface area contributed by atoms with Crippen LogP contribution in [-0.2, 0) is 20.0 Å². The molecule has 25 heavy (non-hydrogen) atoms. The Morgan fingerprint density at radius 3 is 1.72 bits per heavy atom. The minimum absolute atomic E-state index is 1.21. The van der Waals surface area contributed by atoms with Gasteiger partial charge in [-0.2, -0.15) is 0 Å². The quantitative estimate of drug-likeness (QED) is 0.217. The number of nitrogens with zero attached hydrogens (tertiary/aromatic N) is 2. The van der Waals surface area contributed by atoms with Crippen LogP contribution in [0.3, 0.4) is 0 Å². The lowest BCUT2D eigenvalue weighted by Gasteiger charge is -2.04. The number of hydrogen-bond donors (Lipinski definition) is 0. The largest absolute Gasteiger partial charge is 0.256 e. The lowest BCUT2D eigenvalue weighted by molar-refractivity contribution is -0.678. The fraction of sp³-hybridized carbons (Fsp3) is 0.870. The van der Waals surface area contributed by atoms with Crippen molar-refractivity contribution >= 4 is 0 Å². The molecule has 0 unspecified atom stereocenters. The number of aryl methyl sites for hydroxylation is 2. The summed E-state index contributed by atoms with van der Waals surface area (Å²) in [4.78, 5) is 0. The molecule has 0 aliphatic carbocycles. The van der Waals surface area contributed by atoms with E-state index in [-0.39, 0.29) is 0 Å². The maximum Gasteiger partial charge on any atom is 0.256 e. The van der Waals surface area contributed by atoms with Crippen molar-refractivity contribution in [1.82, 2.24) is 4.57 Å². The van der Waals surface area contributed by atoms with E-state index >= 15 is 0 Å². The average molecular weight is 350 g/mol. The van der Waals surface area contributed by atoms with Crippen LogP contribution in [0.1, 0.15) is 116 Å². The highest BCUT2D eigenvalue weighted by Crippen LogP contribution is 2.12. The van der Waals surface area contributed by atoms with Crippen molar-refractivity contribution in [3.8, 4) is 0 Å². The van der Waals surface area contributed by atoms with Gasteiger partial charge in [0.15, 0.2) is 0 Å². The summed E-state index contributed by atoms with van der Waals surface area (Å²) < 4.78 is 4.84. The van der Waals surface area contributed by atoms with E-state index in [1.54, 1.807) is 0 Å². The second-order valence-electron chi connectivity index (χ2n) is 7.86. The maximum absolute atomic E-state index is 2.51. The first-order chi connectivity index (χ1) is 12.3. The molecule has 1 rings (SSSR count). The predicted octanol–water partition coefficient (Wildman–Crippen LogP) is 6.75. The monoisotopic (exact) mass is 349 g/mol. The van der Waals surface area contributed by atoms with Gasteiger partial charge in [-0.25, -0.2) is 9.13 Å². The Labute approximate surface area is 158 Å². The van der Waals surface area contributed by atoms with Crippen molar-refractivity contribution in [2.45, 2.75) is 123 Å². The molecule has 0 aromatic carbocycles. The van der Waals surface area contributed by atoms with E-state index < -0.39 is 0 Å². The van der Waals surface area contributed by atoms with Crippen LogP contribution in [0.25, 0.3) is 0 Å². The zero-order valence-corrected chi connectivity index (χ0v) is 17.6. The first-order valence-corrected chi connectivity index (χ1v) is 11.3. The number of hydrogen-bond acceptors (Lipinski definition) is 0. The van der Waals surface area contributed by atoms with E-state index in [0.29, 0.717) is 0 Å². The van der Waals surface area contributed by atoms with Gasteiger partial charge >= 0.3 is 0 Å². The van der Waals surface area contributed by atoms with Crippen molar-refractivity contribution < 1.29 is 4.57 Å². The van der Waals surface area contributed by atoms with Gasteiger partial charge in [-0.15, -0.1) is 0 Å². The zero-order chi connectivity index (χ0) is 18.2. The first kappa shape index (κ1) is 22.3. The summed E-state index contributed by atoms with van der Waals surface area (Å²) in [6.45, 7) is 5.79. The van der Waals surface area contributed by atoms with Gasteiger partial charge in [0.25, 0.3) is 5.82 Å². The van der Waals surface area contributed by atoms with Gasteiger partial charge in [0.2, 0.25) is 0 Å². The second-order valence-corrected chi connectivity index (χ2v) is 7.86. The zero-order valence-electron chi connectivity index (χ0n) is 17.6. The highest BCUT2D eigenvalue weighted by atomic mass is 15.1. The molecule has 0 N–H and O–H groups in total. The molecule has 146 valence electrons. The summed E-state index contributed by atoms with van der Waals surface area (Å²) in [5, 5.41) is 0. The number of unbranched alkanes of at least 4 members (excludes halogenated alkanes) is 13. The Hall–Kier alpha value is -0.790. The average Bonchev–Trinajstić information content (AvgIpc) is 2.96. The molecule has 0 amide bonds. The van der Waals surface area contributed by atoms with E-state index in [2.05, 4.69) is 42.4 Å². The molecular weight excluding hydrogens is 304 g/mol. The summed E-state index contributed by atoms with van der Waals surface area (Å²) in [6.07, 6.45) is 26.8. The highest BCUT2D eigenvalue weighted by molar-refractivity contribution is 4.84. The number of rotatable bonds is 17. The molecule has 0 saturated heterocycles. The molecule has 0 bridgehead atoms. The third-order valence-electron chi connectivity index (χ3n) is 5.47. The summed E-state index contributed by atoms with van der Waals surface area (Å²) >= 11 is 0. The SMILES string of the molecule is CCCCCCCCCCCn1cc[n+](C)c1CCCCCCCC. The molecule has 2 nitrogen and oxygen atoms in total. The Morgan fingerprint density at radius 1 is 0.680 bits per heavy atom. The Bertz CT molecular complexity index is 408. The van der Waals surface area contributed by atoms with Crippen LogP contribution in [0, 0.1) is 0 Å². The van der Waals surface area contributed by atoms with Crippen LogP contribution in [0.2, 0.25) is 0 Å². The van der Waals surface area contributed by atoms with Crippen molar-refractivity contribution in [3.05, 3.63) is 18.2 Å². The third kappa shape index (κ3) is 10.7. The van der Waals surface area contributed by atoms with Gasteiger partial charge in [0.1, 0.15) is 12.4 Å². The minimum Gasteiger partial charge on any atom is -0.237 e. The number of aromatic nitrogens is 2. The van der Waals surface area contributed by atoms with Gasteiger partial charge in [0.05, 0.1) is 13.6 Å². The second kappa shape index (κ2) is 15.5. The predicted molar refractivity (Wildman–Crippen MR) is 110 cm³/mol. The van der Waals surface area contributed by atoms with Crippen LogP contribution < -0.4 is 4.57 Å². The maximum atomic E-state index is 2.51. The van der Waals surface area contributed by atoms with E-state index in [1.165, 1.54) is 115 Å². The molecule has 0 saturated carbocycles. The van der Waals surface area contributed by atoms with Crippen molar-refractivity contribution in [2.75, 3.05) is 0 Å². The minimum atomic E-state index is 1.21. The van der Waals surface area contributed by atoms with Crippen molar-refractivity contribution in [2.24, 2.45) is 7.05 Å². The Morgan fingerprint density at radius 2 is 1.16 bits per heavy atom. The van der Waals surface area contributed by atoms with Crippen LogP contribution in [0.4, 0.5) is 0 Å². The molecular formula is C23H45N2+. The summed E-state index contributed by atoms with van der Waals surface area (Å²) in [5.74, 6) is 1.52. The standard InChI is InChI=1S/C23H45N2/c1-4-6-8-10-12-13-14-16-18-20-25-22-21-24(3)23(25)19-17-15-11-9-7-5-2/h21-22H,4-20H2,1-3H3/q+1. The van der Waals surface area contributed by atoms with Crippen LogP contribution in [0.5, 0.6) is 0 Å². The molecule has 1 heterocycles. The molecule has 1 aromatic heterocycles. The van der Waals surface area contributed by atoms with Gasteiger partial charge in [-0.3, -0.25) is 0 Å². The molecule has 0 atom stereocenters. The summed E-state index contributed by atoms with van der Waals surface area (Å²) in [5.41, 5.74) is 0. The molecule has 1 aromatic rings. The van der Waals surface area contributed by atoms with E-state index in [4.69, 9.17) is 0 Å². The molecule has 0 fully saturated rings. The van der Waals surface area contributed by atoms with E-state index in [0.717, 1.165) is 0 Å². The van der Waals surface area contributed by atoms with Crippen molar-refractivity contribution in [3.63, 3.8) is 0 Å². The first-order valence-electron chi connectivity index (χ1n) is 11.3. The molecule has 0 radical (unpaired) electrons. The molecule has 2 heteroatoms. The van der Waals surface area contributed by atoms with Gasteiger partial charge in [-0.05, 0) is 19.3 Å².